The topological polar surface area (TPSA) is 73.2 Å². The lowest BCUT2D eigenvalue weighted by Gasteiger charge is -2.15. The molecule has 0 spiro atoms. The van der Waals surface area contributed by atoms with Crippen molar-refractivity contribution >= 4 is 28.2 Å². The van der Waals surface area contributed by atoms with Crippen LogP contribution >= 0.6 is 11.3 Å². The third kappa shape index (κ3) is 2.63. The lowest BCUT2D eigenvalue weighted by molar-refractivity contribution is -0.128. The van der Waals surface area contributed by atoms with E-state index in [0.29, 0.717) is 29.6 Å². The van der Waals surface area contributed by atoms with Crippen LogP contribution in [0.1, 0.15) is 48.1 Å². The zero-order valence-corrected chi connectivity index (χ0v) is 13.7. The Labute approximate surface area is 139 Å². The minimum atomic E-state index is -0.284. The molecule has 120 valence electrons. The summed E-state index contributed by atoms with van der Waals surface area (Å²) in [6, 6.07) is 2.63. The average Bonchev–Trinajstić information content (AvgIpc) is 3.22. The summed E-state index contributed by atoms with van der Waals surface area (Å²) in [6.07, 6.45) is 6.63. The van der Waals surface area contributed by atoms with Gasteiger partial charge in [0.15, 0.2) is 0 Å². The van der Waals surface area contributed by atoms with Crippen molar-refractivity contribution in [3.63, 3.8) is 0 Å². The first-order valence-electron chi connectivity index (χ1n) is 8.32. The molecule has 5 nitrogen and oxygen atoms in total. The second kappa shape index (κ2) is 5.64. The minimum Gasteiger partial charge on any atom is -0.339 e. The van der Waals surface area contributed by atoms with Gasteiger partial charge in [0, 0.05) is 23.9 Å². The molecule has 1 aromatic heterocycles. The molecule has 0 radical (unpaired) electrons. The summed E-state index contributed by atoms with van der Waals surface area (Å²) in [4.78, 5) is 27.6. The molecule has 1 N–H and O–H groups in total. The van der Waals surface area contributed by atoms with Crippen LogP contribution in [0.4, 0.5) is 5.00 Å². The second-order valence-electron chi connectivity index (χ2n) is 6.69. The Balaban J connectivity index is 1.50. The fourth-order valence-electron chi connectivity index (χ4n) is 3.63. The van der Waals surface area contributed by atoms with Gasteiger partial charge < -0.3 is 10.2 Å². The molecule has 1 atom stereocenters. The second-order valence-corrected chi connectivity index (χ2v) is 7.80. The predicted octanol–water partition coefficient (Wildman–Crippen LogP) is 2.45. The summed E-state index contributed by atoms with van der Waals surface area (Å²) in [5.41, 5.74) is 1.77. The molecule has 1 saturated carbocycles. The van der Waals surface area contributed by atoms with Crippen LogP contribution in [0.25, 0.3) is 0 Å². The van der Waals surface area contributed by atoms with Gasteiger partial charge in [-0.25, -0.2) is 0 Å². The Bertz CT molecular complexity index is 714. The molecule has 2 amide bonds. The summed E-state index contributed by atoms with van der Waals surface area (Å²) < 4.78 is 0. The summed E-state index contributed by atoms with van der Waals surface area (Å²) in [6.45, 7) is 0.530. The maximum atomic E-state index is 12.5. The van der Waals surface area contributed by atoms with Crippen molar-refractivity contribution in [2.75, 3.05) is 11.9 Å². The molecular weight excluding hydrogens is 310 g/mol. The van der Waals surface area contributed by atoms with Crippen LogP contribution in [0.3, 0.4) is 0 Å². The van der Waals surface area contributed by atoms with Crippen LogP contribution in [0.15, 0.2) is 0 Å². The molecule has 2 fully saturated rings. The number of hydrogen-bond donors (Lipinski definition) is 1. The Hall–Kier alpha value is -1.87. The van der Waals surface area contributed by atoms with Gasteiger partial charge in [-0.2, -0.15) is 5.26 Å². The van der Waals surface area contributed by atoms with Gasteiger partial charge in [0.05, 0.1) is 11.5 Å². The smallest absolute Gasteiger partial charge is 0.230 e. The van der Waals surface area contributed by atoms with E-state index in [9.17, 15) is 14.9 Å². The lowest BCUT2D eigenvalue weighted by atomic mass is 9.96. The van der Waals surface area contributed by atoms with Crippen molar-refractivity contribution in [1.82, 2.24) is 4.90 Å². The molecule has 23 heavy (non-hydrogen) atoms. The fraction of sp³-hybridized carbons (Fsp3) is 0.588. The first kappa shape index (κ1) is 14.7. The molecule has 4 rings (SSSR count). The largest absolute Gasteiger partial charge is 0.339 e. The van der Waals surface area contributed by atoms with Crippen LogP contribution in [0.2, 0.25) is 0 Å². The number of nitrogens with zero attached hydrogens (tertiary/aromatic N) is 2. The van der Waals surface area contributed by atoms with Gasteiger partial charge in [-0.1, -0.05) is 0 Å². The summed E-state index contributed by atoms with van der Waals surface area (Å²) in [5, 5.41) is 13.1. The number of carbonyl (C=O) groups excluding carboxylic acids is 2. The highest BCUT2D eigenvalue weighted by Gasteiger charge is 2.42. The Morgan fingerprint density at radius 2 is 2.09 bits per heavy atom. The monoisotopic (exact) mass is 329 g/mol. The number of anilines is 1. The molecule has 0 unspecified atom stereocenters. The van der Waals surface area contributed by atoms with Crippen molar-refractivity contribution in [1.29, 1.82) is 5.26 Å². The van der Waals surface area contributed by atoms with Crippen LogP contribution in [-0.2, 0) is 22.4 Å². The number of nitrogens with one attached hydrogen (secondary N) is 1. The van der Waals surface area contributed by atoms with Crippen LogP contribution in [0, 0.1) is 17.2 Å². The summed E-state index contributed by atoms with van der Waals surface area (Å²) >= 11 is 1.54. The average molecular weight is 329 g/mol. The molecule has 1 aromatic rings. The number of nitriles is 1. The Morgan fingerprint density at radius 1 is 1.30 bits per heavy atom. The number of carbonyl (C=O) groups is 2. The first-order valence-corrected chi connectivity index (χ1v) is 9.14. The third-order valence-corrected chi connectivity index (χ3v) is 6.24. The highest BCUT2D eigenvalue weighted by atomic mass is 32.1. The van der Waals surface area contributed by atoms with Gasteiger partial charge in [0.25, 0.3) is 0 Å². The highest BCUT2D eigenvalue weighted by molar-refractivity contribution is 7.16. The molecule has 2 heterocycles. The van der Waals surface area contributed by atoms with Crippen molar-refractivity contribution in [3.8, 4) is 6.07 Å². The van der Waals surface area contributed by atoms with Gasteiger partial charge >= 0.3 is 0 Å². The van der Waals surface area contributed by atoms with Crippen LogP contribution < -0.4 is 5.32 Å². The number of thiophene rings is 1. The number of fused-ring (bicyclic) bond motifs is 1. The molecular formula is C17H19N3O2S. The zero-order valence-electron chi connectivity index (χ0n) is 12.9. The van der Waals surface area contributed by atoms with Crippen molar-refractivity contribution in [2.45, 2.75) is 51.0 Å². The summed E-state index contributed by atoms with van der Waals surface area (Å²) in [5.74, 6) is -0.302. The van der Waals surface area contributed by atoms with E-state index in [0.717, 1.165) is 44.1 Å². The van der Waals surface area contributed by atoms with Crippen LogP contribution in [0.5, 0.6) is 0 Å². The highest BCUT2D eigenvalue weighted by Crippen LogP contribution is 2.38. The number of rotatable bonds is 3. The van der Waals surface area contributed by atoms with E-state index in [2.05, 4.69) is 11.4 Å². The molecule has 2 aliphatic carbocycles. The molecule has 3 aliphatic rings. The van der Waals surface area contributed by atoms with Crippen molar-refractivity contribution in [2.24, 2.45) is 5.92 Å². The first-order chi connectivity index (χ1) is 11.2. The summed E-state index contributed by atoms with van der Waals surface area (Å²) in [7, 11) is 0. The third-order valence-electron chi connectivity index (χ3n) is 5.04. The molecule has 0 bridgehead atoms. The van der Waals surface area contributed by atoms with Crippen molar-refractivity contribution in [3.05, 3.63) is 16.0 Å². The number of amides is 2. The normalized spacial score (nSPS) is 23.5. The van der Waals surface area contributed by atoms with Gasteiger partial charge in [-0.3, -0.25) is 9.59 Å². The number of likely N-dealkylation sites (tertiary alicyclic amines) is 1. The number of hydrogen-bond acceptors (Lipinski definition) is 4. The number of aryl methyl sites for hydroxylation is 1. The van der Waals surface area contributed by atoms with E-state index >= 15 is 0 Å². The van der Waals surface area contributed by atoms with E-state index in [1.165, 1.54) is 4.88 Å². The lowest BCUT2D eigenvalue weighted by Crippen LogP contribution is -2.29. The van der Waals surface area contributed by atoms with Gasteiger partial charge in [0.1, 0.15) is 11.1 Å². The standard InChI is InChI=1S/C17H19N3O2S/c18-8-13-12-3-1-2-4-14(12)23-17(13)19-16(22)10-7-15(21)20(9-10)11-5-6-11/h10-11H,1-7,9H2,(H,19,22)/t10-/m0/s1. The van der Waals surface area contributed by atoms with E-state index in [1.54, 1.807) is 11.3 Å². The molecule has 1 saturated heterocycles. The fourth-order valence-corrected chi connectivity index (χ4v) is 4.88. The van der Waals surface area contributed by atoms with Crippen molar-refractivity contribution < 1.29 is 9.59 Å². The maximum Gasteiger partial charge on any atom is 0.230 e. The van der Waals surface area contributed by atoms with Gasteiger partial charge in [0.2, 0.25) is 11.8 Å². The molecule has 0 aromatic carbocycles. The van der Waals surface area contributed by atoms with E-state index in [-0.39, 0.29) is 17.7 Å². The van der Waals surface area contributed by atoms with E-state index in [1.807, 2.05) is 4.90 Å². The predicted molar refractivity (Wildman–Crippen MR) is 87.1 cm³/mol. The van der Waals surface area contributed by atoms with E-state index in [4.69, 9.17) is 0 Å². The SMILES string of the molecule is N#Cc1c(NC(=O)[C@H]2CC(=O)N(C3CC3)C2)sc2c1CCCC2. The zero-order chi connectivity index (χ0) is 16.0. The molecule has 6 heteroatoms. The van der Waals surface area contributed by atoms with E-state index < -0.39 is 0 Å². The maximum absolute atomic E-state index is 12.5. The van der Waals surface area contributed by atoms with Gasteiger partial charge in [-0.15, -0.1) is 11.3 Å². The van der Waals surface area contributed by atoms with Crippen LogP contribution in [-0.4, -0.2) is 29.3 Å². The van der Waals surface area contributed by atoms with Gasteiger partial charge in [-0.05, 0) is 44.1 Å². The Morgan fingerprint density at radius 3 is 2.83 bits per heavy atom. The minimum absolute atomic E-state index is 0.0960. The molecule has 1 aliphatic heterocycles. The Kier molecular flexibility index (Phi) is 3.61. The quantitative estimate of drug-likeness (QED) is 0.926.